The topological polar surface area (TPSA) is 52.8 Å². The van der Waals surface area contributed by atoms with E-state index in [-0.39, 0.29) is 11.6 Å². The molecule has 0 bridgehead atoms. The van der Waals surface area contributed by atoms with Gasteiger partial charge in [0.15, 0.2) is 4.80 Å². The minimum Gasteiger partial charge on any atom is -0.496 e. The number of allylic oxidation sites excluding steroid dienone is 1. The highest BCUT2D eigenvalue weighted by Gasteiger charge is 2.34. The van der Waals surface area contributed by atoms with Gasteiger partial charge in [0.05, 0.1) is 35.0 Å². The molecule has 37 heavy (non-hydrogen) atoms. The average Bonchev–Trinajstić information content (AvgIpc) is 3.21. The number of thiazole rings is 1. The van der Waals surface area contributed by atoms with Crippen molar-refractivity contribution in [2.75, 3.05) is 14.2 Å². The Balaban J connectivity index is 1.66. The van der Waals surface area contributed by atoms with E-state index in [0.717, 1.165) is 55.5 Å². The summed E-state index contributed by atoms with van der Waals surface area (Å²) in [6.07, 6.45) is 3.62. The molecule has 4 aromatic rings. The summed E-state index contributed by atoms with van der Waals surface area (Å²) in [4.78, 5) is 19.8. The normalized spacial score (nSPS) is 16.5. The van der Waals surface area contributed by atoms with Crippen molar-refractivity contribution in [3.05, 3.63) is 117 Å². The maximum absolute atomic E-state index is 14.0. The first kappa shape index (κ1) is 24.4. The van der Waals surface area contributed by atoms with Crippen LogP contribution in [0.25, 0.3) is 11.8 Å². The van der Waals surface area contributed by atoms with Crippen LogP contribution in [-0.4, -0.2) is 18.8 Å². The summed E-state index contributed by atoms with van der Waals surface area (Å²) in [6.45, 7) is 0. The van der Waals surface area contributed by atoms with E-state index in [1.54, 1.807) is 14.2 Å². The van der Waals surface area contributed by atoms with Gasteiger partial charge in [-0.3, -0.25) is 9.36 Å². The fourth-order valence-corrected chi connectivity index (χ4v) is 7.65. The third kappa shape index (κ3) is 4.11. The number of benzene rings is 3. The summed E-state index contributed by atoms with van der Waals surface area (Å²) < 4.78 is 15.5. The Morgan fingerprint density at radius 2 is 1.81 bits per heavy atom. The molecule has 1 aliphatic heterocycles. The predicted octanol–water partition coefficient (Wildman–Crippen LogP) is 5.86. The lowest BCUT2D eigenvalue weighted by molar-refractivity contribution is 0.402. The first-order valence-corrected chi connectivity index (χ1v) is 14.2. The van der Waals surface area contributed by atoms with Crippen LogP contribution >= 0.6 is 43.2 Å². The van der Waals surface area contributed by atoms with Crippen molar-refractivity contribution in [1.29, 1.82) is 0 Å². The number of halogens is 2. The molecule has 2 aliphatic rings. The number of aromatic nitrogens is 1. The first-order valence-electron chi connectivity index (χ1n) is 11.8. The highest BCUT2D eigenvalue weighted by molar-refractivity contribution is 9.11. The fourth-order valence-electron chi connectivity index (χ4n) is 5.24. The maximum Gasteiger partial charge on any atom is 0.271 e. The lowest BCUT2D eigenvalue weighted by Crippen LogP contribution is -2.39. The Kier molecular flexibility index (Phi) is 6.42. The van der Waals surface area contributed by atoms with Gasteiger partial charge in [0, 0.05) is 21.2 Å². The van der Waals surface area contributed by atoms with Gasteiger partial charge >= 0.3 is 0 Å². The second kappa shape index (κ2) is 9.74. The minimum absolute atomic E-state index is 0.0804. The van der Waals surface area contributed by atoms with Crippen LogP contribution in [0.5, 0.6) is 11.5 Å². The largest absolute Gasteiger partial charge is 0.496 e. The van der Waals surface area contributed by atoms with Crippen molar-refractivity contribution in [2.45, 2.75) is 18.9 Å². The van der Waals surface area contributed by atoms with Crippen LogP contribution in [0.1, 0.15) is 34.7 Å². The average molecular weight is 638 g/mol. The standard InChI is InChI=1S/C29H22Br2N2O3S/c1-35-23-10-6-5-9-20(23)26-21-12-11-16-7-3-4-8-19(16)25(21)32-29-33(26)28(34)24(37-29)14-17-13-18(30)15-22(31)27(17)36-2/h3-10,13-15,26H,11-12H2,1-2H3/b24-14-/t26-/m1/s1. The number of hydrogen-bond acceptors (Lipinski definition) is 5. The van der Waals surface area contributed by atoms with Gasteiger partial charge in [0.25, 0.3) is 5.56 Å². The van der Waals surface area contributed by atoms with Crippen LogP contribution in [0.2, 0.25) is 0 Å². The van der Waals surface area contributed by atoms with Crippen LogP contribution < -0.4 is 24.4 Å². The molecule has 8 heteroatoms. The van der Waals surface area contributed by atoms with Crippen LogP contribution in [0.3, 0.4) is 0 Å². The number of para-hydroxylation sites is 1. The molecule has 6 rings (SSSR count). The lowest BCUT2D eigenvalue weighted by atomic mass is 9.83. The van der Waals surface area contributed by atoms with Gasteiger partial charge in [0.1, 0.15) is 11.5 Å². The summed E-state index contributed by atoms with van der Waals surface area (Å²) in [5.74, 6) is 1.43. The molecular formula is C29H22Br2N2O3S. The van der Waals surface area contributed by atoms with E-state index in [2.05, 4.69) is 56.1 Å². The van der Waals surface area contributed by atoms with E-state index in [4.69, 9.17) is 14.5 Å². The van der Waals surface area contributed by atoms with Crippen molar-refractivity contribution in [2.24, 2.45) is 4.99 Å². The van der Waals surface area contributed by atoms with E-state index in [0.29, 0.717) is 15.1 Å². The van der Waals surface area contributed by atoms with Gasteiger partial charge in [-0.1, -0.05) is 69.7 Å². The summed E-state index contributed by atoms with van der Waals surface area (Å²) in [5.41, 5.74) is 6.21. The third-order valence-corrected chi connectivity index (χ3v) is 8.86. The molecule has 0 saturated heterocycles. The van der Waals surface area contributed by atoms with E-state index in [9.17, 15) is 4.79 Å². The van der Waals surface area contributed by atoms with Gasteiger partial charge < -0.3 is 9.47 Å². The Labute approximate surface area is 234 Å². The van der Waals surface area contributed by atoms with Gasteiger partial charge in [-0.2, -0.15) is 0 Å². The smallest absolute Gasteiger partial charge is 0.271 e. The van der Waals surface area contributed by atoms with Crippen molar-refractivity contribution >= 4 is 55.0 Å². The van der Waals surface area contributed by atoms with E-state index >= 15 is 0 Å². The van der Waals surface area contributed by atoms with Crippen LogP contribution in [-0.2, 0) is 6.42 Å². The van der Waals surface area contributed by atoms with Gasteiger partial charge in [-0.05, 0) is 64.2 Å². The summed E-state index contributed by atoms with van der Waals surface area (Å²) in [6, 6.07) is 19.9. The van der Waals surface area contributed by atoms with Crippen LogP contribution in [0, 0.1) is 0 Å². The van der Waals surface area contributed by atoms with Crippen molar-refractivity contribution < 1.29 is 9.47 Å². The highest BCUT2D eigenvalue weighted by atomic mass is 79.9. The second-order valence-electron chi connectivity index (χ2n) is 8.87. The molecule has 1 aliphatic carbocycles. The van der Waals surface area contributed by atoms with Crippen molar-refractivity contribution in [3.8, 4) is 11.5 Å². The Morgan fingerprint density at radius 3 is 2.62 bits per heavy atom. The van der Waals surface area contributed by atoms with E-state index < -0.39 is 0 Å². The Hall–Kier alpha value is -2.94. The van der Waals surface area contributed by atoms with E-state index in [1.165, 1.54) is 16.9 Å². The van der Waals surface area contributed by atoms with Crippen LogP contribution in [0.4, 0.5) is 0 Å². The predicted molar refractivity (Wildman–Crippen MR) is 154 cm³/mol. The molecule has 5 nitrogen and oxygen atoms in total. The van der Waals surface area contributed by atoms with E-state index in [1.807, 2.05) is 47.0 Å². The molecule has 0 N–H and O–H groups in total. The number of nitrogens with zero attached hydrogens (tertiary/aromatic N) is 2. The quantitative estimate of drug-likeness (QED) is 0.282. The molecule has 0 saturated carbocycles. The molecule has 0 spiro atoms. The number of rotatable bonds is 4. The number of fused-ring (bicyclic) bond motifs is 3. The van der Waals surface area contributed by atoms with Gasteiger partial charge in [-0.25, -0.2) is 4.99 Å². The number of aryl methyl sites for hydroxylation is 1. The molecule has 0 amide bonds. The molecule has 3 aromatic carbocycles. The molecule has 0 fully saturated rings. The Bertz CT molecular complexity index is 1770. The first-order chi connectivity index (χ1) is 18.0. The van der Waals surface area contributed by atoms with Crippen LogP contribution in [0.15, 0.2) is 85.0 Å². The number of methoxy groups -OCH3 is 2. The molecular weight excluding hydrogens is 616 g/mol. The molecule has 186 valence electrons. The van der Waals surface area contributed by atoms with Crippen molar-refractivity contribution in [3.63, 3.8) is 0 Å². The minimum atomic E-state index is -0.297. The summed E-state index contributed by atoms with van der Waals surface area (Å²) >= 11 is 8.52. The number of ether oxygens (including phenoxy) is 2. The molecule has 0 radical (unpaired) electrons. The Morgan fingerprint density at radius 1 is 1.03 bits per heavy atom. The summed E-state index contributed by atoms with van der Waals surface area (Å²) in [5, 5.41) is 0. The summed E-state index contributed by atoms with van der Waals surface area (Å²) in [7, 11) is 3.30. The lowest BCUT2D eigenvalue weighted by Gasteiger charge is -2.31. The van der Waals surface area contributed by atoms with Gasteiger partial charge in [0.2, 0.25) is 0 Å². The SMILES string of the molecule is COc1ccccc1[C@@H]1C2=C(N=c3s/c(=C\c4cc(Br)cc(Br)c4OC)c(=O)n31)c1ccccc1CC2. The number of hydrogen-bond donors (Lipinski definition) is 0. The molecule has 1 aromatic heterocycles. The maximum atomic E-state index is 14.0. The molecule has 2 heterocycles. The zero-order valence-corrected chi connectivity index (χ0v) is 24.1. The zero-order valence-electron chi connectivity index (χ0n) is 20.1. The molecule has 0 unspecified atom stereocenters. The second-order valence-corrected chi connectivity index (χ2v) is 11.6. The highest BCUT2D eigenvalue weighted by Crippen LogP contribution is 2.43. The third-order valence-electron chi connectivity index (χ3n) is 6.83. The molecule has 1 atom stereocenters. The van der Waals surface area contributed by atoms with Gasteiger partial charge in [-0.15, -0.1) is 0 Å². The monoisotopic (exact) mass is 636 g/mol. The fraction of sp³-hybridized carbons (Fsp3) is 0.172. The van der Waals surface area contributed by atoms with Crippen molar-refractivity contribution in [1.82, 2.24) is 4.57 Å². The zero-order chi connectivity index (χ0) is 25.7.